The third-order valence-electron chi connectivity index (χ3n) is 5.33. The molecular weight excluding hydrogens is 370 g/mol. The number of nitrogens with one attached hydrogen (secondary N) is 1. The van der Waals surface area contributed by atoms with Gasteiger partial charge in [-0.3, -0.25) is 9.55 Å². The van der Waals surface area contributed by atoms with Gasteiger partial charge in [0.15, 0.2) is 5.82 Å². The van der Waals surface area contributed by atoms with Crippen molar-refractivity contribution < 1.29 is 0 Å². The van der Waals surface area contributed by atoms with Crippen molar-refractivity contribution in [3.8, 4) is 39.6 Å². The van der Waals surface area contributed by atoms with E-state index in [1.807, 2.05) is 42.6 Å². The van der Waals surface area contributed by atoms with Crippen LogP contribution < -0.4 is 5.32 Å². The van der Waals surface area contributed by atoms with Gasteiger partial charge in [-0.1, -0.05) is 42.5 Å². The average Bonchev–Trinajstić information content (AvgIpc) is 3.15. The number of rotatable bonds is 2. The van der Waals surface area contributed by atoms with E-state index in [0.29, 0.717) is 0 Å². The molecule has 1 aliphatic heterocycles. The zero-order chi connectivity index (χ0) is 19.9. The van der Waals surface area contributed by atoms with E-state index in [-0.39, 0.29) is 0 Å². The molecule has 0 unspecified atom stereocenters. The Labute approximate surface area is 173 Å². The smallest absolute Gasteiger partial charge is 0.154 e. The molecule has 0 fully saturated rings. The molecule has 142 valence electrons. The summed E-state index contributed by atoms with van der Waals surface area (Å²) < 4.78 is 2.21. The molecule has 3 aromatic heterocycles. The monoisotopic (exact) mass is 387 g/mol. The standard InChI is InChI=1S/C25H17N5/c1-2-7-18(8-3-1)23-22(17-12-15-26-16-13-17)29-25-19-9-4-5-10-20(19)28-24-21(30(23)25)11-6-14-27-24/h1-16H,(H,27,28). The molecule has 1 aliphatic rings. The van der Waals surface area contributed by atoms with Crippen molar-refractivity contribution in [1.82, 2.24) is 19.5 Å². The molecule has 0 aliphatic carbocycles. The van der Waals surface area contributed by atoms with E-state index in [1.165, 1.54) is 0 Å². The van der Waals surface area contributed by atoms with Crippen LogP contribution in [0.1, 0.15) is 0 Å². The van der Waals surface area contributed by atoms with E-state index in [9.17, 15) is 0 Å². The highest BCUT2D eigenvalue weighted by molar-refractivity contribution is 5.90. The minimum Gasteiger partial charge on any atom is -0.338 e. The van der Waals surface area contributed by atoms with Crippen LogP contribution in [0, 0.1) is 0 Å². The number of para-hydroxylation sites is 1. The molecule has 0 bridgehead atoms. The van der Waals surface area contributed by atoms with Gasteiger partial charge >= 0.3 is 0 Å². The molecule has 5 nitrogen and oxygen atoms in total. The maximum Gasteiger partial charge on any atom is 0.154 e. The van der Waals surface area contributed by atoms with Gasteiger partial charge in [0.1, 0.15) is 5.82 Å². The molecule has 0 saturated heterocycles. The Bertz CT molecular complexity index is 1360. The Kier molecular flexibility index (Phi) is 3.71. The van der Waals surface area contributed by atoms with Crippen LogP contribution in [0.4, 0.5) is 11.5 Å². The van der Waals surface area contributed by atoms with Gasteiger partial charge in [0.2, 0.25) is 0 Å². The second kappa shape index (κ2) is 6.67. The van der Waals surface area contributed by atoms with Gasteiger partial charge in [0, 0.05) is 35.3 Å². The molecule has 5 aromatic rings. The van der Waals surface area contributed by atoms with Crippen molar-refractivity contribution in [2.24, 2.45) is 0 Å². The lowest BCUT2D eigenvalue weighted by Gasteiger charge is -2.13. The number of imidazole rings is 1. The van der Waals surface area contributed by atoms with E-state index in [2.05, 4.69) is 62.3 Å². The fraction of sp³-hybridized carbons (Fsp3) is 0. The zero-order valence-electron chi connectivity index (χ0n) is 16.0. The van der Waals surface area contributed by atoms with Gasteiger partial charge in [0.25, 0.3) is 0 Å². The van der Waals surface area contributed by atoms with Crippen LogP contribution in [0.15, 0.2) is 97.5 Å². The predicted molar refractivity (Wildman–Crippen MR) is 119 cm³/mol. The Balaban J connectivity index is 1.78. The predicted octanol–water partition coefficient (Wildman–Crippen LogP) is 5.72. The van der Waals surface area contributed by atoms with Crippen molar-refractivity contribution in [3.05, 3.63) is 97.5 Å². The summed E-state index contributed by atoms with van der Waals surface area (Å²) in [4.78, 5) is 14.0. The maximum absolute atomic E-state index is 5.16. The number of nitrogens with zero attached hydrogens (tertiary/aromatic N) is 4. The Morgan fingerprint density at radius 3 is 2.37 bits per heavy atom. The van der Waals surface area contributed by atoms with Crippen LogP contribution >= 0.6 is 0 Å². The van der Waals surface area contributed by atoms with E-state index in [1.54, 1.807) is 12.4 Å². The number of anilines is 2. The van der Waals surface area contributed by atoms with Crippen molar-refractivity contribution in [1.29, 1.82) is 0 Å². The lowest BCUT2D eigenvalue weighted by atomic mass is 10.1. The first-order valence-corrected chi connectivity index (χ1v) is 9.80. The summed E-state index contributed by atoms with van der Waals surface area (Å²) in [5.74, 6) is 1.69. The number of hydrogen-bond acceptors (Lipinski definition) is 4. The van der Waals surface area contributed by atoms with Gasteiger partial charge in [0.05, 0.1) is 22.8 Å². The van der Waals surface area contributed by atoms with Gasteiger partial charge < -0.3 is 5.32 Å². The molecule has 30 heavy (non-hydrogen) atoms. The molecular formula is C25H17N5. The van der Waals surface area contributed by atoms with Gasteiger partial charge in [-0.05, 0) is 36.4 Å². The van der Waals surface area contributed by atoms with Crippen LogP contribution in [-0.4, -0.2) is 19.5 Å². The lowest BCUT2D eigenvalue weighted by Crippen LogP contribution is -2.01. The number of fused-ring (bicyclic) bond motifs is 5. The summed E-state index contributed by atoms with van der Waals surface area (Å²) in [6, 6.07) is 26.6. The Morgan fingerprint density at radius 1 is 0.700 bits per heavy atom. The first-order valence-electron chi connectivity index (χ1n) is 9.80. The highest BCUT2D eigenvalue weighted by Crippen LogP contribution is 2.43. The summed E-state index contributed by atoms with van der Waals surface area (Å²) in [5.41, 5.74) is 7.07. The first kappa shape index (κ1) is 16.7. The van der Waals surface area contributed by atoms with Crippen LogP contribution in [0.2, 0.25) is 0 Å². The zero-order valence-corrected chi connectivity index (χ0v) is 16.0. The minimum atomic E-state index is 0.805. The third kappa shape index (κ3) is 2.53. The van der Waals surface area contributed by atoms with E-state index in [4.69, 9.17) is 4.98 Å². The summed E-state index contributed by atoms with van der Waals surface area (Å²) in [5, 5.41) is 3.49. The number of aromatic nitrogens is 4. The van der Waals surface area contributed by atoms with E-state index in [0.717, 1.165) is 51.1 Å². The molecule has 4 heterocycles. The maximum atomic E-state index is 5.16. The number of pyridine rings is 2. The second-order valence-electron chi connectivity index (χ2n) is 7.11. The number of hydrogen-bond donors (Lipinski definition) is 1. The van der Waals surface area contributed by atoms with Crippen molar-refractivity contribution in [2.75, 3.05) is 5.32 Å². The molecule has 1 N–H and O–H groups in total. The van der Waals surface area contributed by atoms with Crippen LogP contribution in [0.5, 0.6) is 0 Å². The lowest BCUT2D eigenvalue weighted by molar-refractivity contribution is 1.07. The number of benzene rings is 2. The van der Waals surface area contributed by atoms with E-state index >= 15 is 0 Å². The normalized spacial score (nSPS) is 11.6. The second-order valence-corrected chi connectivity index (χ2v) is 7.11. The van der Waals surface area contributed by atoms with Gasteiger partial charge in [-0.2, -0.15) is 0 Å². The average molecular weight is 387 g/mol. The fourth-order valence-corrected chi connectivity index (χ4v) is 4.00. The Morgan fingerprint density at radius 2 is 1.50 bits per heavy atom. The van der Waals surface area contributed by atoms with Crippen LogP contribution in [0.25, 0.3) is 39.6 Å². The van der Waals surface area contributed by atoms with Crippen molar-refractivity contribution in [2.45, 2.75) is 0 Å². The molecule has 0 atom stereocenters. The third-order valence-corrected chi connectivity index (χ3v) is 5.33. The largest absolute Gasteiger partial charge is 0.338 e. The summed E-state index contributed by atoms with van der Waals surface area (Å²) >= 11 is 0. The van der Waals surface area contributed by atoms with Crippen LogP contribution in [-0.2, 0) is 0 Å². The Hall–Kier alpha value is -4.25. The van der Waals surface area contributed by atoms with E-state index < -0.39 is 0 Å². The first-order chi connectivity index (χ1) is 14.9. The highest BCUT2D eigenvalue weighted by Gasteiger charge is 2.27. The minimum absolute atomic E-state index is 0.805. The molecule has 0 saturated carbocycles. The topological polar surface area (TPSA) is 55.6 Å². The van der Waals surface area contributed by atoms with Crippen molar-refractivity contribution >= 4 is 11.5 Å². The van der Waals surface area contributed by atoms with Gasteiger partial charge in [-0.25, -0.2) is 9.97 Å². The highest BCUT2D eigenvalue weighted by atomic mass is 15.2. The molecule has 0 radical (unpaired) electrons. The van der Waals surface area contributed by atoms with Crippen molar-refractivity contribution in [3.63, 3.8) is 0 Å². The fourth-order valence-electron chi connectivity index (χ4n) is 4.00. The summed E-state index contributed by atoms with van der Waals surface area (Å²) in [6.07, 6.45) is 5.42. The molecule has 0 amide bonds. The summed E-state index contributed by atoms with van der Waals surface area (Å²) in [6.45, 7) is 0. The van der Waals surface area contributed by atoms with Gasteiger partial charge in [-0.15, -0.1) is 0 Å². The molecule has 2 aromatic carbocycles. The SMILES string of the molecule is c1ccc(-c2c(-c3ccncc3)nc3n2-c2cccnc2Nc2ccccc2-3)cc1. The quantitative estimate of drug-likeness (QED) is 0.413. The van der Waals surface area contributed by atoms with Crippen LogP contribution in [0.3, 0.4) is 0 Å². The molecule has 5 heteroatoms. The summed E-state index contributed by atoms with van der Waals surface area (Å²) in [7, 11) is 0. The molecule has 6 rings (SSSR count). The molecule has 0 spiro atoms.